The third kappa shape index (κ3) is 5.10. The Kier molecular flexibility index (Phi) is 5.92. The molecule has 1 aromatic heterocycles. The van der Waals surface area contributed by atoms with Gasteiger partial charge in [-0.1, -0.05) is 0 Å². The normalized spacial score (nSPS) is 19.6. The van der Waals surface area contributed by atoms with E-state index in [4.69, 9.17) is 0 Å². The van der Waals surface area contributed by atoms with E-state index in [9.17, 15) is 5.11 Å². The first-order chi connectivity index (χ1) is 9.52. The molecule has 20 heavy (non-hydrogen) atoms. The number of aliphatic hydroxyl groups excluding tert-OH is 1. The lowest BCUT2D eigenvalue weighted by Gasteiger charge is -2.34. The number of nitrogens with zero attached hydrogens (tertiary/aromatic N) is 4. The van der Waals surface area contributed by atoms with Crippen LogP contribution in [-0.2, 0) is 6.54 Å². The number of piperazine rings is 1. The topological polar surface area (TPSA) is 42.8 Å². The van der Waals surface area contributed by atoms with E-state index in [1.54, 1.807) is 11.3 Å². The van der Waals surface area contributed by atoms with Gasteiger partial charge >= 0.3 is 0 Å². The molecule has 1 aliphatic rings. The third-order valence-corrected chi connectivity index (χ3v) is 4.58. The van der Waals surface area contributed by atoms with E-state index in [1.165, 1.54) is 4.88 Å². The lowest BCUT2D eigenvalue weighted by molar-refractivity contribution is 0.0595. The van der Waals surface area contributed by atoms with Crippen LogP contribution in [0.25, 0.3) is 0 Å². The van der Waals surface area contributed by atoms with Crippen LogP contribution in [0.2, 0.25) is 0 Å². The molecule has 0 bridgehead atoms. The van der Waals surface area contributed by atoms with Gasteiger partial charge in [-0.15, -0.1) is 11.3 Å². The van der Waals surface area contributed by atoms with Crippen LogP contribution in [0.1, 0.15) is 9.88 Å². The number of thiazole rings is 1. The fraction of sp³-hybridized carbons (Fsp3) is 0.786. The molecule has 0 amide bonds. The van der Waals surface area contributed by atoms with E-state index < -0.39 is 0 Å². The average molecular weight is 298 g/mol. The molecule has 0 aromatic carbocycles. The zero-order valence-electron chi connectivity index (χ0n) is 12.7. The zero-order valence-corrected chi connectivity index (χ0v) is 13.6. The molecule has 1 N–H and O–H groups in total. The molecule has 0 spiro atoms. The summed E-state index contributed by atoms with van der Waals surface area (Å²) in [6.45, 7) is 8.70. The molecular weight excluding hydrogens is 272 g/mol. The predicted molar refractivity (Wildman–Crippen MR) is 83.1 cm³/mol. The maximum Gasteiger partial charge on any atom is 0.0897 e. The summed E-state index contributed by atoms with van der Waals surface area (Å²) in [4.78, 5) is 12.4. The van der Waals surface area contributed by atoms with E-state index in [2.05, 4.69) is 33.8 Å². The van der Waals surface area contributed by atoms with E-state index in [0.29, 0.717) is 6.54 Å². The summed E-state index contributed by atoms with van der Waals surface area (Å²) in [5, 5.41) is 11.3. The Labute approximate surface area is 125 Å². The van der Waals surface area contributed by atoms with E-state index in [1.807, 2.05) is 13.1 Å². The lowest BCUT2D eigenvalue weighted by atomic mass is 10.2. The summed E-state index contributed by atoms with van der Waals surface area (Å²) in [5.74, 6) is 0. The van der Waals surface area contributed by atoms with Crippen molar-refractivity contribution >= 4 is 11.3 Å². The van der Waals surface area contributed by atoms with Crippen molar-refractivity contribution < 1.29 is 5.11 Å². The Morgan fingerprint density at radius 1 is 1.40 bits per heavy atom. The molecule has 5 nitrogen and oxygen atoms in total. The van der Waals surface area contributed by atoms with Gasteiger partial charge in [-0.2, -0.15) is 0 Å². The molecule has 2 rings (SSSR count). The van der Waals surface area contributed by atoms with Gasteiger partial charge in [0, 0.05) is 56.9 Å². The minimum atomic E-state index is -0.280. The Morgan fingerprint density at radius 2 is 2.10 bits per heavy atom. The first-order valence-corrected chi connectivity index (χ1v) is 8.03. The number of rotatable bonds is 6. The number of hydrogen-bond acceptors (Lipinski definition) is 6. The van der Waals surface area contributed by atoms with E-state index >= 15 is 0 Å². The van der Waals surface area contributed by atoms with Crippen LogP contribution >= 0.6 is 11.3 Å². The van der Waals surface area contributed by atoms with Crippen LogP contribution in [0.4, 0.5) is 0 Å². The van der Waals surface area contributed by atoms with Crippen molar-refractivity contribution in [1.82, 2.24) is 19.7 Å². The fourth-order valence-corrected chi connectivity index (χ4v) is 3.43. The van der Waals surface area contributed by atoms with E-state index in [-0.39, 0.29) is 6.10 Å². The summed E-state index contributed by atoms with van der Waals surface area (Å²) in [6.07, 6.45) is 1.65. The minimum absolute atomic E-state index is 0.280. The number of aryl methyl sites for hydroxylation is 1. The van der Waals surface area contributed by atoms with Gasteiger partial charge in [-0.3, -0.25) is 9.80 Å². The maximum atomic E-state index is 10.2. The highest BCUT2D eigenvalue weighted by Gasteiger charge is 2.18. The van der Waals surface area contributed by atoms with Crippen molar-refractivity contribution in [3.8, 4) is 0 Å². The molecule has 6 heteroatoms. The van der Waals surface area contributed by atoms with Crippen molar-refractivity contribution in [3.63, 3.8) is 0 Å². The molecule has 1 aliphatic heterocycles. The summed E-state index contributed by atoms with van der Waals surface area (Å²) in [5.41, 5.74) is 0. The quantitative estimate of drug-likeness (QED) is 0.828. The average Bonchev–Trinajstić information content (AvgIpc) is 2.77. The molecule has 1 fully saturated rings. The molecular formula is C14H26N4OS. The smallest absolute Gasteiger partial charge is 0.0897 e. The van der Waals surface area contributed by atoms with Gasteiger partial charge in [0.1, 0.15) is 0 Å². The Balaban J connectivity index is 1.69. The summed E-state index contributed by atoms with van der Waals surface area (Å²) in [7, 11) is 4.21. The Morgan fingerprint density at radius 3 is 2.70 bits per heavy atom. The highest BCUT2D eigenvalue weighted by molar-refractivity contribution is 7.11. The number of aliphatic hydroxyl groups is 1. The SMILES string of the molecule is Cc1ncc(CN(C)CC(O)CN2CCN(C)CC2)s1. The Hall–Kier alpha value is -0.530. The Bertz CT molecular complexity index is 404. The van der Waals surface area contributed by atoms with Gasteiger partial charge in [-0.25, -0.2) is 4.98 Å². The summed E-state index contributed by atoms with van der Waals surface area (Å²) < 4.78 is 0. The molecule has 114 valence electrons. The first kappa shape index (κ1) is 15.9. The molecule has 1 unspecified atom stereocenters. The second-order valence-corrected chi connectivity index (χ2v) is 7.12. The lowest BCUT2D eigenvalue weighted by Crippen LogP contribution is -2.48. The van der Waals surface area contributed by atoms with Gasteiger partial charge in [0.05, 0.1) is 11.1 Å². The third-order valence-electron chi connectivity index (χ3n) is 3.68. The van der Waals surface area contributed by atoms with Crippen molar-refractivity contribution in [3.05, 3.63) is 16.1 Å². The largest absolute Gasteiger partial charge is 0.390 e. The summed E-state index contributed by atoms with van der Waals surface area (Å²) >= 11 is 1.73. The number of likely N-dealkylation sites (N-methyl/N-ethyl adjacent to an activating group) is 2. The monoisotopic (exact) mass is 298 g/mol. The molecule has 1 aromatic rings. The summed E-state index contributed by atoms with van der Waals surface area (Å²) in [6, 6.07) is 0. The number of β-amino-alcohol motifs (C(OH)–C–C–N with tert-alkyl or cyclic N) is 1. The molecule has 2 heterocycles. The second-order valence-electron chi connectivity index (χ2n) is 5.80. The van der Waals surface area contributed by atoms with Crippen LogP contribution in [0.5, 0.6) is 0 Å². The van der Waals surface area contributed by atoms with Gasteiger partial charge in [0.15, 0.2) is 0 Å². The molecule has 1 atom stereocenters. The standard InChI is InChI=1S/C14H26N4OS/c1-12-15-8-14(20-12)11-17(3)9-13(19)10-18-6-4-16(2)5-7-18/h8,13,19H,4-7,9-11H2,1-3H3. The van der Waals surface area contributed by atoms with Crippen LogP contribution in [0.15, 0.2) is 6.20 Å². The van der Waals surface area contributed by atoms with Gasteiger partial charge < -0.3 is 10.0 Å². The van der Waals surface area contributed by atoms with Gasteiger partial charge in [-0.05, 0) is 21.0 Å². The van der Waals surface area contributed by atoms with Crippen LogP contribution < -0.4 is 0 Å². The van der Waals surface area contributed by atoms with Gasteiger partial charge in [0.2, 0.25) is 0 Å². The van der Waals surface area contributed by atoms with Crippen LogP contribution in [0.3, 0.4) is 0 Å². The highest BCUT2D eigenvalue weighted by atomic mass is 32.1. The van der Waals surface area contributed by atoms with Crippen molar-refractivity contribution in [2.24, 2.45) is 0 Å². The fourth-order valence-electron chi connectivity index (χ4n) is 2.55. The molecule has 1 saturated heterocycles. The minimum Gasteiger partial charge on any atom is -0.390 e. The molecule has 0 radical (unpaired) electrons. The van der Waals surface area contributed by atoms with Crippen molar-refractivity contribution in [1.29, 1.82) is 0 Å². The number of aromatic nitrogens is 1. The predicted octanol–water partition coefficient (Wildman–Crippen LogP) is 0.492. The number of hydrogen-bond donors (Lipinski definition) is 1. The first-order valence-electron chi connectivity index (χ1n) is 7.21. The van der Waals surface area contributed by atoms with Crippen molar-refractivity contribution in [2.45, 2.75) is 19.6 Å². The van der Waals surface area contributed by atoms with Crippen molar-refractivity contribution in [2.75, 3.05) is 53.4 Å². The van der Waals surface area contributed by atoms with Crippen LogP contribution in [0, 0.1) is 6.92 Å². The molecule has 0 saturated carbocycles. The van der Waals surface area contributed by atoms with Crippen LogP contribution in [-0.4, -0.2) is 84.3 Å². The second kappa shape index (κ2) is 7.47. The van der Waals surface area contributed by atoms with Gasteiger partial charge in [0.25, 0.3) is 0 Å². The highest BCUT2D eigenvalue weighted by Crippen LogP contribution is 2.13. The van der Waals surface area contributed by atoms with E-state index in [0.717, 1.165) is 44.3 Å². The molecule has 0 aliphatic carbocycles. The zero-order chi connectivity index (χ0) is 14.5. The maximum absolute atomic E-state index is 10.2.